The number of carboxylic acid groups (broad SMARTS) is 1. The van der Waals surface area contributed by atoms with Crippen molar-refractivity contribution in [2.75, 3.05) is 0 Å². The van der Waals surface area contributed by atoms with Crippen LogP contribution < -0.4 is 16.0 Å². The van der Waals surface area contributed by atoms with Crippen molar-refractivity contribution in [2.24, 2.45) is 5.92 Å². The van der Waals surface area contributed by atoms with E-state index in [1.165, 1.54) is 0 Å². The summed E-state index contributed by atoms with van der Waals surface area (Å²) in [5.41, 5.74) is 2.40. The summed E-state index contributed by atoms with van der Waals surface area (Å²) in [6, 6.07) is -1.36. The Morgan fingerprint density at radius 2 is 1.65 bits per heavy atom. The van der Waals surface area contributed by atoms with Crippen LogP contribution in [0.5, 0.6) is 0 Å². The summed E-state index contributed by atoms with van der Waals surface area (Å²) < 4.78 is 0. The summed E-state index contributed by atoms with van der Waals surface area (Å²) in [5, 5.41) is 27.5. The van der Waals surface area contributed by atoms with Crippen LogP contribution in [0.3, 0.4) is 0 Å². The van der Waals surface area contributed by atoms with Crippen molar-refractivity contribution < 1.29 is 24.3 Å². The second kappa shape index (κ2) is 14.7. The highest BCUT2D eigenvalue weighted by molar-refractivity contribution is 5.93. The number of aliphatic carboxylic acids is 1. The Morgan fingerprint density at radius 1 is 1.05 bits per heavy atom. The molecule has 40 heavy (non-hydrogen) atoms. The Kier molecular flexibility index (Phi) is 12.0. The number of nitriles is 1. The third-order valence-corrected chi connectivity index (χ3v) is 7.90. The number of likely N-dealkylation sites (tertiary alicyclic amines) is 1. The zero-order chi connectivity index (χ0) is 30.1. The quantitative estimate of drug-likeness (QED) is 0.264. The maximum absolute atomic E-state index is 13.6. The van der Waals surface area contributed by atoms with Crippen LogP contribution in [0.2, 0.25) is 0 Å². The number of H-pyrrole nitrogens is 1. The van der Waals surface area contributed by atoms with Crippen LogP contribution in [-0.2, 0) is 20.8 Å². The average Bonchev–Trinajstić information content (AvgIpc) is 3.16. The molecule has 2 rings (SSSR count). The summed E-state index contributed by atoms with van der Waals surface area (Å²) in [4.78, 5) is 56.9. The lowest BCUT2D eigenvalue weighted by atomic mass is 9.97. The molecule has 0 aromatic carbocycles. The Hall–Kier alpha value is -3.55. The van der Waals surface area contributed by atoms with E-state index in [0.29, 0.717) is 12.0 Å². The third kappa shape index (κ3) is 8.23. The first-order valence-corrected chi connectivity index (χ1v) is 14.3. The molecule has 5 N–H and O–H groups in total. The van der Waals surface area contributed by atoms with Crippen molar-refractivity contribution in [3.63, 3.8) is 0 Å². The molecule has 222 valence electrons. The van der Waals surface area contributed by atoms with Gasteiger partial charge in [-0.05, 0) is 70.4 Å². The summed E-state index contributed by atoms with van der Waals surface area (Å²) >= 11 is 0. The largest absolute Gasteiger partial charge is 0.480 e. The van der Waals surface area contributed by atoms with Crippen LogP contribution in [0.25, 0.3) is 0 Å². The number of carbonyl (C=O) groups is 4. The minimum absolute atomic E-state index is 0.0181. The smallest absolute Gasteiger partial charge is 0.326 e. The predicted octanol–water partition coefficient (Wildman–Crippen LogP) is 3.29. The van der Waals surface area contributed by atoms with E-state index in [9.17, 15) is 29.5 Å². The van der Waals surface area contributed by atoms with Crippen molar-refractivity contribution in [1.29, 1.82) is 5.26 Å². The Morgan fingerprint density at radius 3 is 2.17 bits per heavy atom. The van der Waals surface area contributed by atoms with Crippen LogP contribution in [0.4, 0.5) is 4.79 Å². The zero-order valence-corrected chi connectivity index (χ0v) is 24.9. The topological polar surface area (TPSA) is 167 Å². The molecule has 1 aliphatic rings. The number of piperidine rings is 1. The van der Waals surface area contributed by atoms with Crippen molar-refractivity contribution in [3.8, 4) is 6.07 Å². The van der Waals surface area contributed by atoms with E-state index in [1.807, 2.05) is 34.6 Å². The van der Waals surface area contributed by atoms with E-state index < -0.39 is 35.9 Å². The number of unbranched alkanes of at least 4 members (excludes halogenated alkanes) is 1. The molecule has 1 aromatic heterocycles. The Bertz CT molecular complexity index is 1100. The van der Waals surface area contributed by atoms with E-state index in [0.717, 1.165) is 36.9 Å². The molecule has 0 aliphatic carbocycles. The van der Waals surface area contributed by atoms with E-state index in [1.54, 1.807) is 18.7 Å². The minimum Gasteiger partial charge on any atom is -0.480 e. The van der Waals surface area contributed by atoms with Gasteiger partial charge in [0.25, 0.3) is 0 Å². The van der Waals surface area contributed by atoms with Gasteiger partial charge in [-0.3, -0.25) is 9.59 Å². The van der Waals surface area contributed by atoms with Crippen LogP contribution in [0.1, 0.15) is 95.7 Å². The van der Waals surface area contributed by atoms with Gasteiger partial charge in [0.15, 0.2) is 0 Å². The van der Waals surface area contributed by atoms with Crippen molar-refractivity contribution >= 4 is 23.8 Å². The molecule has 2 heterocycles. The molecular formula is C29H46N6O5. The van der Waals surface area contributed by atoms with Gasteiger partial charge in [0.1, 0.15) is 29.9 Å². The maximum atomic E-state index is 13.6. The van der Waals surface area contributed by atoms with Gasteiger partial charge in [-0.2, -0.15) is 5.26 Å². The molecule has 0 spiro atoms. The number of urea groups is 1. The lowest BCUT2D eigenvalue weighted by Crippen LogP contribution is -2.60. The minimum atomic E-state index is -1.16. The van der Waals surface area contributed by atoms with Crippen LogP contribution >= 0.6 is 0 Å². The molecule has 1 saturated heterocycles. The highest BCUT2D eigenvalue weighted by Crippen LogP contribution is 2.23. The highest BCUT2D eigenvalue weighted by atomic mass is 16.4. The SMILES string of the molecule is CCCC[C@@H](NC(=O)[C@@H](Cc1c(C#N)[nH]c(C)c1C)NC(=O)[C@@H](NC(=O)N1[C@H](C)CCC[C@@H]1C)C(C)C)C(=O)O. The van der Waals surface area contributed by atoms with Crippen LogP contribution in [-0.4, -0.2) is 69.0 Å². The van der Waals surface area contributed by atoms with Gasteiger partial charge in [-0.15, -0.1) is 0 Å². The molecule has 0 bridgehead atoms. The number of amides is 4. The van der Waals surface area contributed by atoms with Crippen molar-refractivity contribution in [2.45, 2.75) is 124 Å². The molecule has 0 radical (unpaired) electrons. The number of nitrogens with one attached hydrogen (secondary N) is 4. The normalized spacial score (nSPS) is 19.3. The number of hydrogen-bond acceptors (Lipinski definition) is 5. The van der Waals surface area contributed by atoms with Gasteiger partial charge in [0, 0.05) is 24.2 Å². The number of aromatic amines is 1. The second-order valence-electron chi connectivity index (χ2n) is 11.4. The fourth-order valence-electron chi connectivity index (χ4n) is 5.30. The average molecular weight is 559 g/mol. The van der Waals surface area contributed by atoms with Gasteiger partial charge < -0.3 is 30.9 Å². The Balaban J connectivity index is 2.33. The molecule has 11 heteroatoms. The van der Waals surface area contributed by atoms with Gasteiger partial charge in [-0.25, -0.2) is 9.59 Å². The molecule has 1 fully saturated rings. The van der Waals surface area contributed by atoms with E-state index >= 15 is 0 Å². The van der Waals surface area contributed by atoms with Gasteiger partial charge in [-0.1, -0.05) is 33.6 Å². The summed E-state index contributed by atoms with van der Waals surface area (Å²) in [6.07, 6.45) is 4.41. The lowest BCUT2D eigenvalue weighted by molar-refractivity contribution is -0.142. The lowest BCUT2D eigenvalue weighted by Gasteiger charge is -2.40. The van der Waals surface area contributed by atoms with E-state index in [-0.39, 0.29) is 42.6 Å². The maximum Gasteiger partial charge on any atom is 0.326 e. The molecule has 4 amide bonds. The number of carboxylic acids is 1. The molecule has 11 nitrogen and oxygen atoms in total. The number of nitrogens with zero attached hydrogens (tertiary/aromatic N) is 2. The number of aryl methyl sites for hydroxylation is 1. The van der Waals surface area contributed by atoms with E-state index in [2.05, 4.69) is 27.0 Å². The predicted molar refractivity (Wildman–Crippen MR) is 151 cm³/mol. The first kappa shape index (κ1) is 32.7. The van der Waals surface area contributed by atoms with Crippen LogP contribution in [0.15, 0.2) is 0 Å². The van der Waals surface area contributed by atoms with Crippen molar-refractivity contribution in [3.05, 3.63) is 22.5 Å². The van der Waals surface area contributed by atoms with Crippen molar-refractivity contribution in [1.82, 2.24) is 25.8 Å². The molecule has 0 saturated carbocycles. The first-order valence-electron chi connectivity index (χ1n) is 14.3. The van der Waals surface area contributed by atoms with Crippen LogP contribution in [0, 0.1) is 31.1 Å². The van der Waals surface area contributed by atoms with E-state index in [4.69, 9.17) is 0 Å². The number of rotatable bonds is 12. The number of aromatic nitrogens is 1. The molecule has 5 atom stereocenters. The fraction of sp³-hybridized carbons (Fsp3) is 0.690. The molecular weight excluding hydrogens is 512 g/mol. The number of hydrogen-bond donors (Lipinski definition) is 5. The second-order valence-corrected chi connectivity index (χ2v) is 11.4. The molecule has 1 aromatic rings. The summed E-state index contributed by atoms with van der Waals surface area (Å²) in [5.74, 6) is -2.66. The Labute approximate surface area is 237 Å². The van der Waals surface area contributed by atoms with Gasteiger partial charge >= 0.3 is 12.0 Å². The zero-order valence-electron chi connectivity index (χ0n) is 24.9. The highest BCUT2D eigenvalue weighted by Gasteiger charge is 2.35. The number of carbonyl (C=O) groups excluding carboxylic acids is 3. The first-order chi connectivity index (χ1) is 18.8. The fourth-order valence-corrected chi connectivity index (χ4v) is 5.30. The standard InChI is InChI=1S/C29H46N6O5/c1-8-9-13-22(28(38)39)32-26(36)23(14-21-19(6)20(7)31-24(21)15-30)33-27(37)25(16(2)3)34-29(40)35-17(4)11-10-12-18(35)5/h16-18,22-23,25,31H,8-14H2,1-7H3,(H,32,36)(H,33,37)(H,34,40)(H,38,39)/t17-,18+,22-,23-,25+/m1/s1. The summed E-state index contributed by atoms with van der Waals surface area (Å²) in [7, 11) is 0. The third-order valence-electron chi connectivity index (χ3n) is 7.90. The van der Waals surface area contributed by atoms with Gasteiger partial charge in [0.2, 0.25) is 11.8 Å². The molecule has 0 unspecified atom stereocenters. The monoisotopic (exact) mass is 558 g/mol. The summed E-state index contributed by atoms with van der Waals surface area (Å²) in [6.45, 7) is 13.2. The van der Waals surface area contributed by atoms with Gasteiger partial charge in [0.05, 0.1) is 0 Å². The molecule has 1 aliphatic heterocycles.